The number of ether oxygens (including phenoxy) is 1. The Hall–Kier alpha value is -1.71. The van der Waals surface area contributed by atoms with E-state index in [1.807, 2.05) is 6.92 Å². The topological polar surface area (TPSA) is 47.3 Å². The number of rotatable bonds is 5. The number of anilines is 2. The van der Waals surface area contributed by atoms with Crippen molar-refractivity contribution in [1.29, 1.82) is 0 Å². The lowest BCUT2D eigenvalue weighted by Gasteiger charge is -2.12. The Morgan fingerprint density at radius 3 is 2.81 bits per heavy atom. The minimum Gasteiger partial charge on any atom is -0.491 e. The van der Waals surface area contributed by atoms with Gasteiger partial charge in [-0.1, -0.05) is 12.2 Å². The highest BCUT2D eigenvalue weighted by molar-refractivity contribution is 5.68. The van der Waals surface area contributed by atoms with Crippen LogP contribution in [0.3, 0.4) is 0 Å². The Labute approximate surface area is 95.1 Å². The third kappa shape index (κ3) is 3.15. The second kappa shape index (κ2) is 5.39. The Morgan fingerprint density at radius 1 is 1.56 bits per heavy atom. The molecule has 0 saturated carbocycles. The molecule has 0 aliphatic rings. The maximum absolute atomic E-state index is 13.4. The maximum Gasteiger partial charge on any atom is 0.167 e. The number of hydrogen-bond acceptors (Lipinski definition) is 3. The number of halogens is 1. The van der Waals surface area contributed by atoms with E-state index in [1.54, 1.807) is 13.0 Å². The van der Waals surface area contributed by atoms with E-state index in [-0.39, 0.29) is 5.75 Å². The zero-order valence-electron chi connectivity index (χ0n) is 9.64. The molecule has 0 unspecified atom stereocenters. The zero-order valence-corrected chi connectivity index (χ0v) is 9.64. The molecule has 0 aliphatic carbocycles. The summed E-state index contributed by atoms with van der Waals surface area (Å²) in [4.78, 5) is 0. The average Bonchev–Trinajstić information content (AvgIpc) is 2.20. The molecule has 0 heterocycles. The lowest BCUT2D eigenvalue weighted by atomic mass is 10.2. The van der Waals surface area contributed by atoms with Gasteiger partial charge in [-0.3, -0.25) is 0 Å². The van der Waals surface area contributed by atoms with E-state index in [0.29, 0.717) is 24.5 Å². The summed E-state index contributed by atoms with van der Waals surface area (Å²) in [7, 11) is 0. The molecule has 88 valence electrons. The first-order chi connectivity index (χ1) is 7.54. The number of nitrogen functional groups attached to an aromatic ring is 1. The van der Waals surface area contributed by atoms with Crippen LogP contribution in [0.5, 0.6) is 5.75 Å². The number of nitrogens with two attached hydrogens (primary N) is 1. The lowest BCUT2D eigenvalue weighted by molar-refractivity contribution is 0.322. The van der Waals surface area contributed by atoms with Crippen molar-refractivity contribution in [2.75, 3.05) is 24.2 Å². The van der Waals surface area contributed by atoms with Gasteiger partial charge < -0.3 is 15.8 Å². The smallest absolute Gasteiger partial charge is 0.167 e. The van der Waals surface area contributed by atoms with E-state index in [1.165, 1.54) is 6.07 Å². The summed E-state index contributed by atoms with van der Waals surface area (Å²) in [5, 5.41) is 3.07. The fraction of sp³-hybridized carbons (Fsp3) is 0.333. The van der Waals surface area contributed by atoms with Crippen molar-refractivity contribution in [1.82, 2.24) is 0 Å². The molecule has 3 N–H and O–H groups in total. The van der Waals surface area contributed by atoms with Gasteiger partial charge in [-0.15, -0.1) is 0 Å². The van der Waals surface area contributed by atoms with Gasteiger partial charge in [-0.2, -0.15) is 0 Å². The van der Waals surface area contributed by atoms with Gasteiger partial charge >= 0.3 is 0 Å². The lowest BCUT2D eigenvalue weighted by Crippen LogP contribution is -2.06. The molecule has 1 aromatic carbocycles. The zero-order chi connectivity index (χ0) is 12.1. The highest BCUT2D eigenvalue weighted by atomic mass is 19.1. The number of nitrogens with one attached hydrogen (secondary N) is 1. The summed E-state index contributed by atoms with van der Waals surface area (Å²) >= 11 is 0. The molecule has 0 spiro atoms. The van der Waals surface area contributed by atoms with Gasteiger partial charge in [-0.05, 0) is 13.8 Å². The molecule has 1 aromatic rings. The van der Waals surface area contributed by atoms with E-state index in [2.05, 4.69) is 11.9 Å². The Balaban J connectivity index is 2.90. The van der Waals surface area contributed by atoms with E-state index in [9.17, 15) is 4.39 Å². The van der Waals surface area contributed by atoms with Crippen LogP contribution >= 0.6 is 0 Å². The van der Waals surface area contributed by atoms with Gasteiger partial charge in [0, 0.05) is 18.7 Å². The first-order valence-corrected chi connectivity index (χ1v) is 5.14. The first-order valence-electron chi connectivity index (χ1n) is 5.14. The number of hydrogen-bond donors (Lipinski definition) is 2. The molecule has 16 heavy (non-hydrogen) atoms. The first kappa shape index (κ1) is 12.4. The monoisotopic (exact) mass is 224 g/mol. The van der Waals surface area contributed by atoms with Gasteiger partial charge in [0.05, 0.1) is 18.0 Å². The molecule has 0 aromatic heterocycles. The van der Waals surface area contributed by atoms with Crippen LogP contribution in [0.25, 0.3) is 0 Å². The summed E-state index contributed by atoms with van der Waals surface area (Å²) in [6, 6.07) is 2.82. The van der Waals surface area contributed by atoms with Crippen molar-refractivity contribution in [2.24, 2.45) is 0 Å². The molecule has 0 fully saturated rings. The Bertz CT molecular complexity index is 391. The van der Waals surface area contributed by atoms with Crippen molar-refractivity contribution in [2.45, 2.75) is 13.8 Å². The minimum atomic E-state index is -0.444. The van der Waals surface area contributed by atoms with E-state index in [4.69, 9.17) is 10.5 Å². The summed E-state index contributed by atoms with van der Waals surface area (Å²) in [6.45, 7) is 8.48. The van der Waals surface area contributed by atoms with Gasteiger partial charge in [-0.25, -0.2) is 4.39 Å². The molecule has 0 amide bonds. The Kier molecular flexibility index (Phi) is 4.17. The van der Waals surface area contributed by atoms with Gasteiger partial charge in [0.2, 0.25) is 0 Å². The van der Waals surface area contributed by atoms with Gasteiger partial charge in [0.1, 0.15) is 0 Å². The van der Waals surface area contributed by atoms with Crippen LogP contribution in [0.4, 0.5) is 15.8 Å². The third-order valence-corrected chi connectivity index (χ3v) is 1.98. The van der Waals surface area contributed by atoms with Crippen LogP contribution in [0.1, 0.15) is 13.8 Å². The maximum atomic E-state index is 13.4. The van der Waals surface area contributed by atoms with Crippen LogP contribution < -0.4 is 15.8 Å². The highest BCUT2D eigenvalue weighted by Crippen LogP contribution is 2.28. The summed E-state index contributed by atoms with van der Waals surface area (Å²) in [5.74, 6) is -0.235. The standard InChI is InChI=1S/C12H17FN2O/c1-4-16-12-6-11(15-7-8(2)3)10(14)5-9(12)13/h5-6,15H,2,4,7,14H2,1,3H3. The van der Waals surface area contributed by atoms with Gasteiger partial charge in [0.25, 0.3) is 0 Å². The molecular weight excluding hydrogens is 207 g/mol. The largest absolute Gasteiger partial charge is 0.491 e. The SMILES string of the molecule is C=C(C)CNc1cc(OCC)c(F)cc1N. The molecule has 0 aliphatic heterocycles. The van der Waals surface area contributed by atoms with Crippen molar-refractivity contribution in [3.8, 4) is 5.75 Å². The molecule has 3 nitrogen and oxygen atoms in total. The van der Waals surface area contributed by atoms with E-state index >= 15 is 0 Å². The van der Waals surface area contributed by atoms with Crippen molar-refractivity contribution in [3.05, 3.63) is 30.1 Å². The molecule has 0 atom stereocenters. The fourth-order valence-electron chi connectivity index (χ4n) is 1.23. The third-order valence-electron chi connectivity index (χ3n) is 1.98. The minimum absolute atomic E-state index is 0.209. The van der Waals surface area contributed by atoms with Gasteiger partial charge in [0.15, 0.2) is 11.6 Å². The summed E-state index contributed by atoms with van der Waals surface area (Å²) in [6.07, 6.45) is 0. The predicted octanol–water partition coefficient (Wildman–Crippen LogP) is 2.79. The normalized spacial score (nSPS) is 9.94. The van der Waals surface area contributed by atoms with Crippen LogP contribution in [0.15, 0.2) is 24.3 Å². The van der Waals surface area contributed by atoms with Crippen LogP contribution in [-0.2, 0) is 0 Å². The molecule has 0 saturated heterocycles. The van der Waals surface area contributed by atoms with Crippen molar-refractivity contribution in [3.63, 3.8) is 0 Å². The Morgan fingerprint density at radius 2 is 2.25 bits per heavy atom. The summed E-state index contributed by atoms with van der Waals surface area (Å²) in [5.41, 5.74) is 7.68. The van der Waals surface area contributed by atoms with Crippen molar-refractivity contribution < 1.29 is 9.13 Å². The van der Waals surface area contributed by atoms with Crippen LogP contribution in [-0.4, -0.2) is 13.2 Å². The van der Waals surface area contributed by atoms with Crippen LogP contribution in [0.2, 0.25) is 0 Å². The summed E-state index contributed by atoms with van der Waals surface area (Å²) < 4.78 is 18.5. The van der Waals surface area contributed by atoms with E-state index < -0.39 is 5.82 Å². The van der Waals surface area contributed by atoms with Crippen LogP contribution in [0, 0.1) is 5.82 Å². The quantitative estimate of drug-likeness (QED) is 0.597. The second-order valence-electron chi connectivity index (χ2n) is 3.61. The molecule has 0 bridgehead atoms. The average molecular weight is 224 g/mol. The predicted molar refractivity (Wildman–Crippen MR) is 65.3 cm³/mol. The fourth-order valence-corrected chi connectivity index (χ4v) is 1.23. The molecule has 0 radical (unpaired) electrons. The van der Waals surface area contributed by atoms with E-state index in [0.717, 1.165) is 5.57 Å². The second-order valence-corrected chi connectivity index (χ2v) is 3.61. The molecular formula is C12H17FN2O. The molecule has 4 heteroatoms. The molecule has 1 rings (SSSR count). The highest BCUT2D eigenvalue weighted by Gasteiger charge is 2.08. The number of benzene rings is 1. The van der Waals surface area contributed by atoms with Crippen molar-refractivity contribution >= 4 is 11.4 Å².